The number of amides is 2. The summed E-state index contributed by atoms with van der Waals surface area (Å²) in [5.74, 6) is 0.765. The van der Waals surface area contributed by atoms with Gasteiger partial charge < -0.3 is 20.3 Å². The van der Waals surface area contributed by atoms with Crippen LogP contribution in [0.2, 0.25) is 0 Å². The number of ether oxygens (including phenoxy) is 1. The molecule has 1 saturated heterocycles. The normalized spacial score (nSPS) is 17.1. The molecule has 0 aliphatic carbocycles. The van der Waals surface area contributed by atoms with E-state index in [4.69, 9.17) is 4.74 Å². The van der Waals surface area contributed by atoms with E-state index in [1.807, 2.05) is 35.8 Å². The van der Waals surface area contributed by atoms with Gasteiger partial charge in [-0.15, -0.1) is 11.3 Å². The number of nitrogens with zero attached hydrogens (tertiary/aromatic N) is 2. The summed E-state index contributed by atoms with van der Waals surface area (Å²) in [6, 6.07) is 7.38. The zero-order valence-corrected chi connectivity index (χ0v) is 13.8. The van der Waals surface area contributed by atoms with Gasteiger partial charge in [0.2, 0.25) is 0 Å². The summed E-state index contributed by atoms with van der Waals surface area (Å²) in [5.41, 5.74) is 0.742. The Morgan fingerprint density at radius 2 is 2.26 bits per heavy atom. The van der Waals surface area contributed by atoms with Crippen molar-refractivity contribution in [3.8, 4) is 5.75 Å². The molecule has 6 nitrogen and oxygen atoms in total. The summed E-state index contributed by atoms with van der Waals surface area (Å²) < 4.78 is 5.10. The fraction of sp³-hybridized carbons (Fsp3) is 0.375. The first-order valence-electron chi connectivity index (χ1n) is 7.61. The molecule has 1 aliphatic heterocycles. The summed E-state index contributed by atoms with van der Waals surface area (Å²) >= 11 is 1.64. The lowest BCUT2D eigenvalue weighted by Crippen LogP contribution is -2.41. The molecule has 23 heavy (non-hydrogen) atoms. The predicted octanol–water partition coefficient (Wildman–Crippen LogP) is 2.94. The Labute approximate surface area is 139 Å². The maximum atomic E-state index is 12.0. The van der Waals surface area contributed by atoms with Gasteiger partial charge in [0.15, 0.2) is 5.13 Å². The number of hydrogen-bond donors (Lipinski definition) is 2. The quantitative estimate of drug-likeness (QED) is 0.883. The van der Waals surface area contributed by atoms with Crippen LogP contribution in [-0.4, -0.2) is 37.3 Å². The Morgan fingerprint density at radius 3 is 2.96 bits per heavy atom. The first kappa shape index (κ1) is 15.6. The van der Waals surface area contributed by atoms with Gasteiger partial charge in [0.05, 0.1) is 7.11 Å². The molecule has 7 heteroatoms. The maximum Gasteiger partial charge on any atom is 0.319 e. The molecule has 2 N–H and O–H groups in total. The van der Waals surface area contributed by atoms with Crippen molar-refractivity contribution in [2.45, 2.75) is 18.9 Å². The standard InChI is InChI=1S/C16H20N4O2S/c1-22-14-6-4-12(5-7-14)19-15(21)18-11-13-3-2-9-20(13)16-17-8-10-23-16/h4-8,10,13H,2-3,9,11H2,1H3,(H2,18,19,21). The van der Waals surface area contributed by atoms with Crippen LogP contribution in [0.1, 0.15) is 12.8 Å². The molecule has 1 aromatic heterocycles. The van der Waals surface area contributed by atoms with E-state index in [0.717, 1.165) is 36.0 Å². The highest BCUT2D eigenvalue weighted by atomic mass is 32.1. The van der Waals surface area contributed by atoms with E-state index in [0.29, 0.717) is 12.6 Å². The molecule has 122 valence electrons. The third-order valence-electron chi connectivity index (χ3n) is 3.89. The van der Waals surface area contributed by atoms with Crippen molar-refractivity contribution in [3.63, 3.8) is 0 Å². The molecule has 0 bridgehead atoms. The van der Waals surface area contributed by atoms with Crippen molar-refractivity contribution < 1.29 is 9.53 Å². The summed E-state index contributed by atoms with van der Waals surface area (Å²) in [6.45, 7) is 1.61. The molecule has 0 radical (unpaired) electrons. The lowest BCUT2D eigenvalue weighted by molar-refractivity contribution is 0.251. The number of urea groups is 1. The van der Waals surface area contributed by atoms with Crippen LogP contribution in [0, 0.1) is 0 Å². The van der Waals surface area contributed by atoms with Crippen LogP contribution in [0.3, 0.4) is 0 Å². The molecular formula is C16H20N4O2S. The zero-order valence-electron chi connectivity index (χ0n) is 13.0. The number of thiazole rings is 1. The first-order valence-corrected chi connectivity index (χ1v) is 8.49. The summed E-state index contributed by atoms with van der Waals surface area (Å²) in [5, 5.41) is 8.79. The SMILES string of the molecule is COc1ccc(NC(=O)NCC2CCCN2c2nccs2)cc1. The summed E-state index contributed by atoms with van der Waals surface area (Å²) in [4.78, 5) is 18.7. The van der Waals surface area contributed by atoms with Crippen molar-refractivity contribution in [1.82, 2.24) is 10.3 Å². The summed E-state index contributed by atoms with van der Waals surface area (Å²) in [6.07, 6.45) is 4.02. The number of methoxy groups -OCH3 is 1. The molecule has 2 heterocycles. The van der Waals surface area contributed by atoms with Gasteiger partial charge in [-0.2, -0.15) is 0 Å². The number of aromatic nitrogens is 1. The van der Waals surface area contributed by atoms with Crippen LogP contribution < -0.4 is 20.3 Å². The van der Waals surface area contributed by atoms with Gasteiger partial charge in [-0.1, -0.05) is 0 Å². The van der Waals surface area contributed by atoms with Crippen molar-refractivity contribution in [1.29, 1.82) is 0 Å². The maximum absolute atomic E-state index is 12.0. The van der Waals surface area contributed by atoms with Gasteiger partial charge in [-0.25, -0.2) is 9.78 Å². The number of anilines is 2. The highest BCUT2D eigenvalue weighted by molar-refractivity contribution is 7.13. The molecule has 1 aromatic carbocycles. The van der Waals surface area contributed by atoms with E-state index in [1.54, 1.807) is 18.4 Å². The van der Waals surface area contributed by atoms with E-state index in [9.17, 15) is 4.79 Å². The molecule has 1 aliphatic rings. The monoisotopic (exact) mass is 332 g/mol. The van der Waals surface area contributed by atoms with Crippen molar-refractivity contribution in [3.05, 3.63) is 35.8 Å². The van der Waals surface area contributed by atoms with Crippen LogP contribution in [0.4, 0.5) is 15.6 Å². The number of carbonyl (C=O) groups excluding carboxylic acids is 1. The third kappa shape index (κ3) is 3.92. The number of benzene rings is 1. The third-order valence-corrected chi connectivity index (χ3v) is 4.70. The van der Waals surface area contributed by atoms with Crippen LogP contribution in [-0.2, 0) is 0 Å². The van der Waals surface area contributed by atoms with Crippen molar-refractivity contribution in [2.75, 3.05) is 30.4 Å². The van der Waals surface area contributed by atoms with Gasteiger partial charge >= 0.3 is 6.03 Å². The molecule has 2 amide bonds. The van der Waals surface area contributed by atoms with E-state index in [-0.39, 0.29) is 6.03 Å². The van der Waals surface area contributed by atoms with Gasteiger partial charge in [0, 0.05) is 36.4 Å². The minimum absolute atomic E-state index is 0.193. The average Bonchev–Trinajstić information content (AvgIpc) is 3.24. The fourth-order valence-corrected chi connectivity index (χ4v) is 3.46. The van der Waals surface area contributed by atoms with E-state index < -0.39 is 0 Å². The Balaban J connectivity index is 1.50. The average molecular weight is 332 g/mol. The summed E-state index contributed by atoms with van der Waals surface area (Å²) in [7, 11) is 1.62. The number of rotatable bonds is 5. The lowest BCUT2D eigenvalue weighted by Gasteiger charge is -2.24. The Kier molecular flexibility index (Phi) is 4.97. The van der Waals surface area contributed by atoms with Crippen LogP contribution >= 0.6 is 11.3 Å². The minimum Gasteiger partial charge on any atom is -0.497 e. The van der Waals surface area contributed by atoms with Crippen LogP contribution in [0.25, 0.3) is 0 Å². The Bertz CT molecular complexity index is 630. The largest absolute Gasteiger partial charge is 0.497 e. The second kappa shape index (κ2) is 7.32. The predicted molar refractivity (Wildman–Crippen MR) is 92.5 cm³/mol. The van der Waals surface area contributed by atoms with Crippen molar-refractivity contribution >= 4 is 28.2 Å². The molecule has 2 aromatic rings. The van der Waals surface area contributed by atoms with E-state index in [2.05, 4.69) is 20.5 Å². The van der Waals surface area contributed by atoms with E-state index >= 15 is 0 Å². The molecular weight excluding hydrogens is 312 g/mol. The van der Waals surface area contributed by atoms with Crippen LogP contribution in [0.5, 0.6) is 5.75 Å². The highest BCUT2D eigenvalue weighted by Crippen LogP contribution is 2.26. The topological polar surface area (TPSA) is 66.5 Å². The highest BCUT2D eigenvalue weighted by Gasteiger charge is 2.26. The molecule has 1 fully saturated rings. The van der Waals surface area contributed by atoms with Crippen molar-refractivity contribution in [2.24, 2.45) is 0 Å². The smallest absolute Gasteiger partial charge is 0.319 e. The van der Waals surface area contributed by atoms with Gasteiger partial charge in [-0.3, -0.25) is 0 Å². The first-order chi connectivity index (χ1) is 11.3. The second-order valence-corrected chi connectivity index (χ2v) is 6.24. The number of nitrogens with one attached hydrogen (secondary N) is 2. The van der Waals surface area contributed by atoms with Crippen LogP contribution in [0.15, 0.2) is 35.8 Å². The zero-order chi connectivity index (χ0) is 16.1. The lowest BCUT2D eigenvalue weighted by atomic mass is 10.2. The molecule has 0 spiro atoms. The molecule has 1 unspecified atom stereocenters. The fourth-order valence-electron chi connectivity index (χ4n) is 2.72. The molecule has 3 rings (SSSR count). The number of carbonyl (C=O) groups is 1. The van der Waals surface area contributed by atoms with Gasteiger partial charge in [-0.05, 0) is 37.1 Å². The molecule has 1 atom stereocenters. The Hall–Kier alpha value is -2.28. The number of hydrogen-bond acceptors (Lipinski definition) is 5. The van der Waals surface area contributed by atoms with Gasteiger partial charge in [0.1, 0.15) is 5.75 Å². The minimum atomic E-state index is -0.193. The molecule has 0 saturated carbocycles. The second-order valence-electron chi connectivity index (χ2n) is 5.37. The van der Waals surface area contributed by atoms with E-state index in [1.165, 1.54) is 0 Å². The van der Waals surface area contributed by atoms with Gasteiger partial charge in [0.25, 0.3) is 0 Å². The Morgan fingerprint density at radius 1 is 1.43 bits per heavy atom.